The minimum atomic E-state index is -3.68. The Morgan fingerprint density at radius 3 is 2.53 bits per heavy atom. The Balaban J connectivity index is 1.56. The second-order valence-corrected chi connectivity index (χ2v) is 11.0. The highest BCUT2D eigenvalue weighted by Crippen LogP contribution is 2.29. The third-order valence-electron chi connectivity index (χ3n) is 6.56. The molecule has 1 N–H and O–H groups in total. The summed E-state index contributed by atoms with van der Waals surface area (Å²) in [5.74, 6) is 0.196. The van der Waals surface area contributed by atoms with Crippen LogP contribution in [0.4, 0.5) is 0 Å². The third kappa shape index (κ3) is 4.98. The second kappa shape index (κ2) is 10.1. The molecular formula is C27H27N5O3S. The number of carbonyl (C=O) groups is 1. The van der Waals surface area contributed by atoms with Gasteiger partial charge in [-0.1, -0.05) is 13.0 Å². The first-order valence-corrected chi connectivity index (χ1v) is 13.4. The summed E-state index contributed by atoms with van der Waals surface area (Å²) >= 11 is 0. The van der Waals surface area contributed by atoms with E-state index in [1.54, 1.807) is 49.1 Å². The quantitative estimate of drug-likeness (QED) is 0.428. The van der Waals surface area contributed by atoms with Crippen LogP contribution in [-0.4, -0.2) is 46.7 Å². The van der Waals surface area contributed by atoms with E-state index in [-0.39, 0.29) is 10.8 Å². The predicted octanol–water partition coefficient (Wildman–Crippen LogP) is 4.04. The average molecular weight is 502 g/mol. The van der Waals surface area contributed by atoms with Gasteiger partial charge in [0.05, 0.1) is 21.7 Å². The molecule has 1 fully saturated rings. The van der Waals surface area contributed by atoms with Gasteiger partial charge < -0.3 is 5.32 Å². The van der Waals surface area contributed by atoms with E-state index >= 15 is 0 Å². The lowest BCUT2D eigenvalue weighted by atomic mass is 10.0. The summed E-state index contributed by atoms with van der Waals surface area (Å²) < 4.78 is 28.4. The van der Waals surface area contributed by atoms with Crippen LogP contribution in [0.15, 0.2) is 78.2 Å². The molecule has 1 aromatic carbocycles. The van der Waals surface area contributed by atoms with E-state index in [4.69, 9.17) is 4.98 Å². The summed E-state index contributed by atoms with van der Waals surface area (Å²) in [6.45, 7) is 3.44. The van der Waals surface area contributed by atoms with Gasteiger partial charge in [-0.15, -0.1) is 0 Å². The number of hydrogen-bond donors (Lipinski definition) is 1. The van der Waals surface area contributed by atoms with Crippen molar-refractivity contribution in [2.24, 2.45) is 5.92 Å². The number of pyridine rings is 3. The first kappa shape index (κ1) is 24.0. The van der Waals surface area contributed by atoms with E-state index in [0.29, 0.717) is 47.7 Å². The molecule has 1 saturated heterocycles. The molecule has 4 aromatic rings. The topological polar surface area (TPSA) is 105 Å². The smallest absolute Gasteiger partial charge is 0.252 e. The molecular weight excluding hydrogens is 474 g/mol. The number of nitrogens with one attached hydrogen (secondary N) is 1. The molecule has 0 saturated carbocycles. The van der Waals surface area contributed by atoms with Gasteiger partial charge in [0.15, 0.2) is 0 Å². The van der Waals surface area contributed by atoms with Crippen LogP contribution in [0, 0.1) is 5.92 Å². The second-order valence-electron chi connectivity index (χ2n) is 9.10. The van der Waals surface area contributed by atoms with E-state index in [0.717, 1.165) is 24.0 Å². The number of piperidine rings is 1. The summed E-state index contributed by atoms with van der Waals surface area (Å²) in [7, 11) is -3.68. The molecule has 1 aliphatic heterocycles. The van der Waals surface area contributed by atoms with Crippen molar-refractivity contribution >= 4 is 26.8 Å². The zero-order valence-electron chi connectivity index (χ0n) is 20.0. The van der Waals surface area contributed by atoms with Crippen molar-refractivity contribution in [1.82, 2.24) is 24.6 Å². The largest absolute Gasteiger partial charge is 0.348 e. The maximum absolute atomic E-state index is 13.4. The lowest BCUT2D eigenvalue weighted by Crippen LogP contribution is -2.37. The number of aromatic nitrogens is 3. The molecule has 0 spiro atoms. The summed E-state index contributed by atoms with van der Waals surface area (Å²) in [6, 6.07) is 13.9. The van der Waals surface area contributed by atoms with Crippen molar-refractivity contribution in [3.63, 3.8) is 0 Å². The van der Waals surface area contributed by atoms with Crippen LogP contribution in [-0.2, 0) is 16.6 Å². The fourth-order valence-corrected chi connectivity index (χ4v) is 5.87. The summed E-state index contributed by atoms with van der Waals surface area (Å²) in [4.78, 5) is 26.4. The van der Waals surface area contributed by atoms with Crippen LogP contribution >= 0.6 is 0 Å². The third-order valence-corrected chi connectivity index (χ3v) is 8.45. The van der Waals surface area contributed by atoms with Crippen LogP contribution < -0.4 is 5.32 Å². The van der Waals surface area contributed by atoms with Gasteiger partial charge in [0.2, 0.25) is 10.0 Å². The summed E-state index contributed by atoms with van der Waals surface area (Å²) in [5.41, 5.74) is 3.19. The maximum atomic E-state index is 13.4. The van der Waals surface area contributed by atoms with Crippen LogP contribution in [0.1, 0.15) is 35.7 Å². The Hall–Kier alpha value is -3.69. The fraction of sp³-hybridized carbons (Fsp3) is 0.259. The van der Waals surface area contributed by atoms with Gasteiger partial charge in [-0.25, -0.2) is 13.4 Å². The normalized spacial score (nSPS) is 15.1. The van der Waals surface area contributed by atoms with Crippen molar-refractivity contribution in [2.45, 2.75) is 31.2 Å². The molecule has 0 unspecified atom stereocenters. The first-order valence-electron chi connectivity index (χ1n) is 11.9. The van der Waals surface area contributed by atoms with Gasteiger partial charge in [0, 0.05) is 55.4 Å². The highest BCUT2D eigenvalue weighted by Gasteiger charge is 2.29. The summed E-state index contributed by atoms with van der Waals surface area (Å²) in [6.07, 6.45) is 8.37. The molecule has 5 rings (SSSR count). The number of hydrogen-bond acceptors (Lipinski definition) is 6. The average Bonchev–Trinajstić information content (AvgIpc) is 2.92. The van der Waals surface area contributed by atoms with Crippen molar-refractivity contribution in [3.05, 3.63) is 84.4 Å². The number of fused-ring (bicyclic) bond motifs is 1. The molecule has 0 aliphatic carbocycles. The summed E-state index contributed by atoms with van der Waals surface area (Å²) in [5, 5.41) is 3.42. The molecule has 8 nitrogen and oxygen atoms in total. The van der Waals surface area contributed by atoms with Gasteiger partial charge in [-0.05, 0) is 66.8 Å². The molecule has 1 aliphatic rings. The fourth-order valence-electron chi connectivity index (χ4n) is 4.38. The number of rotatable bonds is 6. The molecule has 184 valence electrons. The number of benzene rings is 1. The molecule has 1 amide bonds. The van der Waals surface area contributed by atoms with Gasteiger partial charge in [0.1, 0.15) is 0 Å². The van der Waals surface area contributed by atoms with E-state index in [1.165, 1.54) is 4.31 Å². The number of nitrogens with zero attached hydrogens (tertiary/aromatic N) is 4. The van der Waals surface area contributed by atoms with Crippen LogP contribution in [0.5, 0.6) is 0 Å². The molecule has 0 atom stereocenters. The lowest BCUT2D eigenvalue weighted by molar-refractivity contribution is 0.0952. The Bertz CT molecular complexity index is 1490. The van der Waals surface area contributed by atoms with Crippen LogP contribution in [0.3, 0.4) is 0 Å². The molecule has 0 bridgehead atoms. The Labute approximate surface area is 210 Å². The van der Waals surface area contributed by atoms with Crippen molar-refractivity contribution in [3.8, 4) is 11.3 Å². The highest BCUT2D eigenvalue weighted by atomic mass is 32.2. The lowest BCUT2D eigenvalue weighted by Gasteiger charge is -2.29. The van der Waals surface area contributed by atoms with Gasteiger partial charge in [0.25, 0.3) is 5.91 Å². The molecule has 0 radical (unpaired) electrons. The zero-order chi connectivity index (χ0) is 25.1. The van der Waals surface area contributed by atoms with Crippen LogP contribution in [0.2, 0.25) is 0 Å². The molecule has 9 heteroatoms. The molecule has 4 heterocycles. The first-order chi connectivity index (χ1) is 17.4. The number of sulfonamides is 1. The Morgan fingerprint density at radius 2 is 1.81 bits per heavy atom. The van der Waals surface area contributed by atoms with E-state index < -0.39 is 10.0 Å². The molecule has 3 aromatic heterocycles. The minimum absolute atomic E-state index is 0.171. The van der Waals surface area contributed by atoms with E-state index in [9.17, 15) is 13.2 Å². The van der Waals surface area contributed by atoms with E-state index in [1.807, 2.05) is 24.3 Å². The standard InChI is InChI=1S/C27H27N5O3S/c1-19-8-13-32(14-9-19)36(34,35)22-4-5-25-23(15-22)24(16-26(31-25)21-6-11-28-12-7-21)27(33)30-18-20-3-2-10-29-17-20/h2-7,10-12,15-17,19H,8-9,13-14,18H2,1H3,(H,30,33). The van der Waals surface area contributed by atoms with Crippen molar-refractivity contribution in [2.75, 3.05) is 13.1 Å². The Kier molecular flexibility index (Phi) is 6.75. The van der Waals surface area contributed by atoms with Crippen molar-refractivity contribution < 1.29 is 13.2 Å². The minimum Gasteiger partial charge on any atom is -0.348 e. The van der Waals surface area contributed by atoms with Crippen LogP contribution in [0.25, 0.3) is 22.2 Å². The van der Waals surface area contributed by atoms with Gasteiger partial charge in [-0.3, -0.25) is 14.8 Å². The van der Waals surface area contributed by atoms with Gasteiger partial charge >= 0.3 is 0 Å². The molecule has 36 heavy (non-hydrogen) atoms. The predicted molar refractivity (Wildman–Crippen MR) is 138 cm³/mol. The highest BCUT2D eigenvalue weighted by molar-refractivity contribution is 7.89. The van der Waals surface area contributed by atoms with Gasteiger partial charge in [-0.2, -0.15) is 4.31 Å². The van der Waals surface area contributed by atoms with Crippen molar-refractivity contribution in [1.29, 1.82) is 0 Å². The number of carbonyl (C=O) groups excluding carboxylic acids is 1. The SMILES string of the molecule is CC1CCN(S(=O)(=O)c2ccc3nc(-c4ccncc4)cc(C(=O)NCc4cccnc4)c3c2)CC1. The monoisotopic (exact) mass is 501 g/mol. The number of amides is 1. The maximum Gasteiger partial charge on any atom is 0.252 e. The van der Waals surface area contributed by atoms with E-state index in [2.05, 4.69) is 22.2 Å². The zero-order valence-corrected chi connectivity index (χ0v) is 20.8. The Morgan fingerprint density at radius 1 is 1.03 bits per heavy atom.